The smallest absolute Gasteiger partial charge is 0.264 e. The minimum atomic E-state index is -3.77. The van der Waals surface area contributed by atoms with Gasteiger partial charge in [-0.2, -0.15) is 0 Å². The zero-order valence-electron chi connectivity index (χ0n) is 19.6. The van der Waals surface area contributed by atoms with Gasteiger partial charge in [0.25, 0.3) is 5.91 Å². The molecule has 1 heterocycles. The van der Waals surface area contributed by atoms with Gasteiger partial charge in [0, 0.05) is 24.6 Å². The predicted molar refractivity (Wildman–Crippen MR) is 126 cm³/mol. The fraction of sp³-hybridized carbons (Fsp3) is 0.458. The summed E-state index contributed by atoms with van der Waals surface area (Å²) in [6, 6.07) is 9.27. The monoisotopic (exact) mass is 476 g/mol. The van der Waals surface area contributed by atoms with E-state index in [-0.39, 0.29) is 25.0 Å². The molecular weight excluding hydrogens is 444 g/mol. The first-order valence-corrected chi connectivity index (χ1v) is 12.5. The predicted octanol–water partition coefficient (Wildman–Crippen LogP) is 2.46. The molecule has 2 aromatic rings. The van der Waals surface area contributed by atoms with Gasteiger partial charge in [0.2, 0.25) is 0 Å². The molecule has 8 nitrogen and oxygen atoms in total. The molecule has 33 heavy (non-hydrogen) atoms. The molecule has 0 radical (unpaired) electrons. The molecule has 2 rings (SSSR count). The van der Waals surface area contributed by atoms with Crippen LogP contribution in [0.4, 0.5) is 0 Å². The van der Waals surface area contributed by atoms with Crippen LogP contribution < -0.4 is 5.48 Å². The second-order valence-corrected chi connectivity index (χ2v) is 10.9. The van der Waals surface area contributed by atoms with Crippen LogP contribution in [0, 0.1) is 11.8 Å². The number of nitrogens with one attached hydrogen (secondary N) is 2. The number of hydroxylamine groups is 1. The Hall–Kier alpha value is -2.64. The van der Waals surface area contributed by atoms with Crippen LogP contribution in [0.1, 0.15) is 67.3 Å². The number of aromatic amines is 1. The molecule has 2 atom stereocenters. The minimum absolute atomic E-state index is 0.00958. The van der Waals surface area contributed by atoms with E-state index in [2.05, 4.69) is 16.8 Å². The maximum Gasteiger partial charge on any atom is 0.264 e. The number of carbonyl (C=O) groups excluding carboxylic acids is 1. The number of aromatic nitrogens is 1. The summed E-state index contributed by atoms with van der Waals surface area (Å²) in [7, 11) is -2.23. The van der Waals surface area contributed by atoms with Gasteiger partial charge >= 0.3 is 0 Å². The van der Waals surface area contributed by atoms with Gasteiger partial charge in [0.1, 0.15) is 10.9 Å². The Bertz CT molecular complexity index is 1120. The number of aryl methyl sites for hydroxylation is 1. The fourth-order valence-corrected chi connectivity index (χ4v) is 4.35. The summed E-state index contributed by atoms with van der Waals surface area (Å²) in [4.78, 5) is 15.4. The van der Waals surface area contributed by atoms with Crippen molar-refractivity contribution in [2.24, 2.45) is 0 Å². The molecule has 0 aliphatic carbocycles. The molecule has 4 N–H and O–H groups in total. The van der Waals surface area contributed by atoms with Crippen LogP contribution in [0.5, 0.6) is 0 Å². The highest BCUT2D eigenvalue weighted by atomic mass is 32.2. The Morgan fingerprint density at radius 2 is 1.88 bits per heavy atom. The standard InChI is InChI=1S/C24H32N2O6S/c1-16(2)22-19(12-13-24(3,23(28)26-29)33(5,30)31)14-20(25-22)11-8-17-6-9-18(10-7-17)21(15-27)32-4/h6-7,9-10,14,16,21,25,27,29H,12-13,15H2,1-5H3,(H,26,28). The van der Waals surface area contributed by atoms with Crippen molar-refractivity contribution in [1.82, 2.24) is 10.5 Å². The number of methoxy groups -OCH3 is 1. The third-order valence-corrected chi connectivity index (χ3v) is 7.88. The largest absolute Gasteiger partial charge is 0.393 e. The van der Waals surface area contributed by atoms with Crippen molar-refractivity contribution < 1.29 is 28.3 Å². The number of sulfone groups is 1. The lowest BCUT2D eigenvalue weighted by Gasteiger charge is -2.25. The number of aliphatic hydroxyl groups excluding tert-OH is 1. The molecule has 0 fully saturated rings. The molecule has 0 spiro atoms. The average Bonchev–Trinajstić information content (AvgIpc) is 3.20. The van der Waals surface area contributed by atoms with E-state index < -0.39 is 20.5 Å². The topological polar surface area (TPSA) is 129 Å². The molecule has 1 aromatic heterocycles. The normalized spacial score (nSPS) is 14.3. The molecule has 0 bridgehead atoms. The number of amides is 1. The van der Waals surface area contributed by atoms with Gasteiger partial charge < -0.3 is 14.8 Å². The minimum Gasteiger partial charge on any atom is -0.393 e. The molecule has 0 saturated heterocycles. The lowest BCUT2D eigenvalue weighted by Crippen LogP contribution is -2.49. The Morgan fingerprint density at radius 1 is 1.24 bits per heavy atom. The highest BCUT2D eigenvalue weighted by Crippen LogP contribution is 2.27. The number of benzene rings is 1. The summed E-state index contributed by atoms with van der Waals surface area (Å²) in [6.07, 6.45) is 0.935. The number of hydrogen-bond acceptors (Lipinski definition) is 6. The Morgan fingerprint density at radius 3 is 2.36 bits per heavy atom. The third-order valence-electron chi connectivity index (χ3n) is 5.86. The van der Waals surface area contributed by atoms with E-state index in [9.17, 15) is 18.3 Å². The Kier molecular flexibility index (Phi) is 8.86. The Balaban J connectivity index is 2.28. The second-order valence-electron chi connectivity index (χ2n) is 8.50. The van der Waals surface area contributed by atoms with E-state index in [1.54, 1.807) is 7.11 Å². The van der Waals surface area contributed by atoms with Gasteiger partial charge in [-0.15, -0.1) is 0 Å². The zero-order chi connectivity index (χ0) is 24.8. The summed E-state index contributed by atoms with van der Waals surface area (Å²) in [5.41, 5.74) is 5.59. The summed E-state index contributed by atoms with van der Waals surface area (Å²) in [5.74, 6) is 5.36. The molecule has 9 heteroatoms. The quantitative estimate of drug-likeness (QED) is 0.250. The molecule has 180 valence electrons. The lowest BCUT2D eigenvalue weighted by atomic mass is 9.96. The van der Waals surface area contributed by atoms with Gasteiger partial charge in [0.15, 0.2) is 9.84 Å². The van der Waals surface area contributed by atoms with E-state index in [1.807, 2.05) is 44.2 Å². The molecule has 0 saturated carbocycles. The van der Waals surface area contributed by atoms with Crippen molar-refractivity contribution in [2.45, 2.75) is 50.4 Å². The van der Waals surface area contributed by atoms with Crippen molar-refractivity contribution in [3.05, 3.63) is 58.4 Å². The molecule has 1 amide bonds. The summed E-state index contributed by atoms with van der Waals surface area (Å²) in [5, 5.41) is 18.4. The van der Waals surface area contributed by atoms with E-state index in [0.717, 1.165) is 28.6 Å². The van der Waals surface area contributed by atoms with Crippen LogP contribution in [-0.4, -0.2) is 54.3 Å². The summed E-state index contributed by atoms with van der Waals surface area (Å²) < 4.78 is 27.9. The molecule has 0 aliphatic rings. The number of ether oxygens (including phenoxy) is 1. The zero-order valence-corrected chi connectivity index (χ0v) is 20.4. The highest BCUT2D eigenvalue weighted by Gasteiger charge is 2.43. The SMILES string of the molecule is COC(CO)c1ccc(C#Cc2cc(CCC(C)(C(=O)NO)S(C)(=O)=O)c(C(C)C)[nH]2)cc1. The number of hydrogen-bond donors (Lipinski definition) is 4. The summed E-state index contributed by atoms with van der Waals surface area (Å²) in [6.45, 7) is 5.22. The van der Waals surface area contributed by atoms with Gasteiger partial charge in [-0.25, -0.2) is 13.9 Å². The molecule has 0 aliphatic heterocycles. The van der Waals surface area contributed by atoms with Gasteiger partial charge in [0.05, 0.1) is 12.3 Å². The van der Waals surface area contributed by atoms with Crippen LogP contribution in [-0.2, 0) is 25.8 Å². The van der Waals surface area contributed by atoms with Crippen LogP contribution in [0.15, 0.2) is 30.3 Å². The van der Waals surface area contributed by atoms with Crippen molar-refractivity contribution >= 4 is 15.7 Å². The maximum absolute atomic E-state index is 12.2. The number of carbonyl (C=O) groups is 1. The first-order chi connectivity index (χ1) is 15.5. The van der Waals surface area contributed by atoms with E-state index in [0.29, 0.717) is 12.1 Å². The number of rotatable bonds is 9. The van der Waals surface area contributed by atoms with Gasteiger partial charge in [-0.3, -0.25) is 10.0 Å². The van der Waals surface area contributed by atoms with E-state index in [1.165, 1.54) is 12.4 Å². The van der Waals surface area contributed by atoms with Crippen molar-refractivity contribution in [1.29, 1.82) is 0 Å². The fourth-order valence-electron chi connectivity index (χ4n) is 3.50. The molecule has 1 aromatic carbocycles. The van der Waals surface area contributed by atoms with E-state index >= 15 is 0 Å². The molecular formula is C24H32N2O6S. The third kappa shape index (κ3) is 6.24. The first kappa shape index (κ1) is 26.6. The maximum atomic E-state index is 12.2. The van der Waals surface area contributed by atoms with Crippen LogP contribution in [0.3, 0.4) is 0 Å². The van der Waals surface area contributed by atoms with Gasteiger partial charge in [-0.1, -0.05) is 31.9 Å². The summed E-state index contributed by atoms with van der Waals surface area (Å²) >= 11 is 0. The van der Waals surface area contributed by atoms with Crippen molar-refractivity contribution in [3.8, 4) is 11.8 Å². The van der Waals surface area contributed by atoms with Gasteiger partial charge in [-0.05, 0) is 60.9 Å². The van der Waals surface area contributed by atoms with Crippen LogP contribution >= 0.6 is 0 Å². The van der Waals surface area contributed by atoms with Crippen molar-refractivity contribution in [3.63, 3.8) is 0 Å². The lowest BCUT2D eigenvalue weighted by molar-refractivity contribution is -0.131. The second kappa shape index (κ2) is 11.0. The number of aliphatic hydroxyl groups is 1. The molecule has 2 unspecified atom stereocenters. The van der Waals surface area contributed by atoms with Crippen LogP contribution in [0.25, 0.3) is 0 Å². The Labute approximate surface area is 195 Å². The number of H-pyrrole nitrogens is 1. The van der Waals surface area contributed by atoms with E-state index in [4.69, 9.17) is 9.94 Å². The van der Waals surface area contributed by atoms with Crippen molar-refractivity contribution in [2.75, 3.05) is 20.0 Å². The average molecular weight is 477 g/mol. The highest BCUT2D eigenvalue weighted by molar-refractivity contribution is 7.92. The van der Waals surface area contributed by atoms with Crippen LogP contribution in [0.2, 0.25) is 0 Å². The first-order valence-electron chi connectivity index (χ1n) is 10.6.